The average molecular weight is 575 g/mol. The molecule has 0 saturated carbocycles. The first kappa shape index (κ1) is 28.4. The first-order valence-electron chi connectivity index (χ1n) is 15.0. The molecule has 6 rings (SSSR count). The number of nitrogens with zero attached hydrogens (tertiary/aromatic N) is 6. The van der Waals surface area contributed by atoms with E-state index >= 15 is 0 Å². The van der Waals surface area contributed by atoms with Crippen molar-refractivity contribution in [2.24, 2.45) is 0 Å². The molecular formula is C32H42N6O2S. The second-order valence-electron chi connectivity index (χ2n) is 12.1. The van der Waals surface area contributed by atoms with Crippen LogP contribution in [0, 0.1) is 13.8 Å². The molecule has 9 heteroatoms. The number of thiazole rings is 1. The summed E-state index contributed by atoms with van der Waals surface area (Å²) in [4.78, 5) is 33.8. The Morgan fingerprint density at radius 2 is 1.85 bits per heavy atom. The molecule has 3 atom stereocenters. The van der Waals surface area contributed by atoms with Crippen molar-refractivity contribution in [3.8, 4) is 10.6 Å². The molecule has 0 spiro atoms. The molecule has 2 saturated heterocycles. The van der Waals surface area contributed by atoms with Crippen LogP contribution in [-0.2, 0) is 11.2 Å². The van der Waals surface area contributed by atoms with Crippen LogP contribution < -0.4 is 0 Å². The molecule has 0 bridgehead atoms. The fourth-order valence-electron chi connectivity index (χ4n) is 7.30. The van der Waals surface area contributed by atoms with E-state index in [-0.39, 0.29) is 23.6 Å². The molecule has 2 fully saturated rings. The molecular weight excluding hydrogens is 532 g/mol. The molecule has 218 valence electrons. The van der Waals surface area contributed by atoms with Crippen molar-refractivity contribution in [3.05, 3.63) is 64.2 Å². The Labute approximate surface area is 247 Å². The predicted octanol–water partition coefficient (Wildman–Crippen LogP) is 4.92. The Balaban J connectivity index is 1.13. The van der Waals surface area contributed by atoms with Crippen molar-refractivity contribution < 1.29 is 9.53 Å². The Hall–Kier alpha value is -2.72. The maximum atomic E-state index is 13.4. The first-order chi connectivity index (χ1) is 19.8. The quantitative estimate of drug-likeness (QED) is 0.414. The van der Waals surface area contributed by atoms with Gasteiger partial charge in [-0.2, -0.15) is 0 Å². The lowest BCUT2D eigenvalue weighted by Gasteiger charge is -2.53. The van der Waals surface area contributed by atoms with E-state index in [1.54, 1.807) is 11.3 Å². The lowest BCUT2D eigenvalue weighted by Crippen LogP contribution is -2.62. The van der Waals surface area contributed by atoms with Gasteiger partial charge in [0, 0.05) is 74.5 Å². The summed E-state index contributed by atoms with van der Waals surface area (Å²) in [6.45, 7) is 16.0. The fourth-order valence-corrected chi connectivity index (χ4v) is 7.93. The summed E-state index contributed by atoms with van der Waals surface area (Å²) < 4.78 is 6.37. The van der Waals surface area contributed by atoms with Gasteiger partial charge in [0.1, 0.15) is 11.3 Å². The minimum atomic E-state index is 0.0701. The van der Waals surface area contributed by atoms with Gasteiger partial charge in [0.05, 0.1) is 29.1 Å². The SMILES string of the molecule is CCO[C@@H]1Cc2cc(-c3nccs3)ccc2[C@@H]1N1CCN(C2(C)CCN(C(=O)c3c(C)ncnc3C)CC2)C[C@@H]1C. The van der Waals surface area contributed by atoms with Crippen LogP contribution in [0.1, 0.15) is 72.5 Å². The number of aromatic nitrogens is 3. The van der Waals surface area contributed by atoms with Crippen LogP contribution in [0.3, 0.4) is 0 Å². The summed E-state index contributed by atoms with van der Waals surface area (Å²) in [5.74, 6) is 0.0701. The standard InChI is InChI=1S/C32H42N6O2S/c1-6-40-27-18-25-17-24(30-33-11-16-41-30)7-8-26(25)29(27)38-15-14-37(19-21(38)2)32(5)9-12-36(13-10-32)31(39)28-22(3)34-20-35-23(28)4/h7-8,11,16-17,20-21,27,29H,6,9-10,12-15,18-19H2,1-5H3/t21-,27+,29-/m0/s1. The van der Waals surface area contributed by atoms with Crippen LogP contribution in [0.15, 0.2) is 36.1 Å². The molecule has 0 N–H and O–H groups in total. The monoisotopic (exact) mass is 574 g/mol. The molecule has 4 heterocycles. The fraction of sp³-hybridized carbons (Fsp3) is 0.562. The molecule has 0 radical (unpaired) electrons. The van der Waals surface area contributed by atoms with Crippen molar-refractivity contribution in [2.45, 2.75) is 77.6 Å². The van der Waals surface area contributed by atoms with E-state index in [2.05, 4.69) is 63.7 Å². The number of amides is 1. The van der Waals surface area contributed by atoms with Gasteiger partial charge in [0.2, 0.25) is 0 Å². The normalized spacial score (nSPS) is 24.9. The van der Waals surface area contributed by atoms with Gasteiger partial charge < -0.3 is 9.64 Å². The Bertz CT molecular complexity index is 1370. The highest BCUT2D eigenvalue weighted by Gasteiger charge is 2.44. The number of benzene rings is 1. The zero-order valence-electron chi connectivity index (χ0n) is 25.0. The third-order valence-electron chi connectivity index (χ3n) is 9.66. The maximum Gasteiger partial charge on any atom is 0.257 e. The van der Waals surface area contributed by atoms with Crippen molar-refractivity contribution in [1.82, 2.24) is 29.7 Å². The second-order valence-corrected chi connectivity index (χ2v) is 13.0. The molecule has 1 amide bonds. The van der Waals surface area contributed by atoms with Gasteiger partial charge in [-0.15, -0.1) is 11.3 Å². The number of fused-ring (bicyclic) bond motifs is 1. The topological polar surface area (TPSA) is 74.7 Å². The summed E-state index contributed by atoms with van der Waals surface area (Å²) in [7, 11) is 0. The van der Waals surface area contributed by atoms with E-state index in [4.69, 9.17) is 4.74 Å². The van der Waals surface area contributed by atoms with Crippen LogP contribution in [0.2, 0.25) is 0 Å². The van der Waals surface area contributed by atoms with Gasteiger partial charge in [0.15, 0.2) is 0 Å². The molecule has 41 heavy (non-hydrogen) atoms. The lowest BCUT2D eigenvalue weighted by molar-refractivity contribution is -0.0630. The number of piperazine rings is 1. The van der Waals surface area contributed by atoms with Crippen LogP contribution in [-0.4, -0.2) is 92.6 Å². The molecule has 3 aliphatic rings. The number of ether oxygens (including phenoxy) is 1. The lowest BCUT2D eigenvalue weighted by atomic mass is 9.86. The number of rotatable bonds is 6. The molecule has 1 aromatic carbocycles. The van der Waals surface area contributed by atoms with Crippen molar-refractivity contribution in [2.75, 3.05) is 39.3 Å². The molecule has 1 aliphatic carbocycles. The largest absolute Gasteiger partial charge is 0.376 e. The zero-order chi connectivity index (χ0) is 28.7. The van der Waals surface area contributed by atoms with Gasteiger partial charge in [-0.3, -0.25) is 14.6 Å². The van der Waals surface area contributed by atoms with E-state index in [9.17, 15) is 4.79 Å². The maximum absolute atomic E-state index is 13.4. The highest BCUT2D eigenvalue weighted by molar-refractivity contribution is 7.13. The highest BCUT2D eigenvalue weighted by atomic mass is 32.1. The summed E-state index contributed by atoms with van der Waals surface area (Å²) in [5.41, 5.74) is 6.29. The highest BCUT2D eigenvalue weighted by Crippen LogP contribution is 2.42. The Morgan fingerprint density at radius 3 is 2.51 bits per heavy atom. The van der Waals surface area contributed by atoms with E-state index in [1.807, 2.05) is 30.3 Å². The molecule has 0 unspecified atom stereocenters. The molecule has 3 aromatic rings. The molecule has 8 nitrogen and oxygen atoms in total. The van der Waals surface area contributed by atoms with Crippen LogP contribution >= 0.6 is 11.3 Å². The van der Waals surface area contributed by atoms with Crippen LogP contribution in [0.4, 0.5) is 0 Å². The van der Waals surface area contributed by atoms with Gasteiger partial charge in [0.25, 0.3) is 5.91 Å². The minimum Gasteiger partial charge on any atom is -0.376 e. The van der Waals surface area contributed by atoms with E-state index in [0.717, 1.165) is 75.0 Å². The van der Waals surface area contributed by atoms with Gasteiger partial charge in [-0.1, -0.05) is 12.1 Å². The van der Waals surface area contributed by atoms with Crippen molar-refractivity contribution >= 4 is 17.2 Å². The first-order valence-corrected chi connectivity index (χ1v) is 15.9. The van der Waals surface area contributed by atoms with Gasteiger partial charge in [-0.05, 0) is 64.7 Å². The van der Waals surface area contributed by atoms with Crippen molar-refractivity contribution in [3.63, 3.8) is 0 Å². The number of hydrogen-bond acceptors (Lipinski definition) is 8. The smallest absolute Gasteiger partial charge is 0.257 e. The van der Waals surface area contributed by atoms with E-state index < -0.39 is 0 Å². The minimum absolute atomic E-state index is 0.0701. The third kappa shape index (κ3) is 5.33. The number of carbonyl (C=O) groups excluding carboxylic acids is 1. The Morgan fingerprint density at radius 1 is 1.10 bits per heavy atom. The zero-order valence-corrected chi connectivity index (χ0v) is 25.8. The summed E-state index contributed by atoms with van der Waals surface area (Å²) in [6.07, 6.45) is 6.50. The number of likely N-dealkylation sites (tertiary alicyclic amines) is 1. The number of aryl methyl sites for hydroxylation is 2. The molecule has 2 aliphatic heterocycles. The van der Waals surface area contributed by atoms with E-state index in [0.29, 0.717) is 11.6 Å². The summed E-state index contributed by atoms with van der Waals surface area (Å²) in [6, 6.07) is 7.58. The predicted molar refractivity (Wildman–Crippen MR) is 162 cm³/mol. The second kappa shape index (κ2) is 11.5. The van der Waals surface area contributed by atoms with Crippen molar-refractivity contribution in [1.29, 1.82) is 0 Å². The number of piperidine rings is 1. The average Bonchev–Trinajstić information content (AvgIpc) is 3.62. The third-order valence-corrected chi connectivity index (χ3v) is 10.5. The summed E-state index contributed by atoms with van der Waals surface area (Å²) in [5, 5.41) is 3.12. The summed E-state index contributed by atoms with van der Waals surface area (Å²) >= 11 is 1.69. The van der Waals surface area contributed by atoms with E-state index in [1.165, 1.54) is 23.0 Å². The van der Waals surface area contributed by atoms with Crippen LogP contribution in [0.25, 0.3) is 10.6 Å². The number of hydrogen-bond donors (Lipinski definition) is 0. The van der Waals surface area contributed by atoms with Gasteiger partial charge in [-0.25, -0.2) is 15.0 Å². The number of carbonyl (C=O) groups is 1. The molecule has 2 aromatic heterocycles. The Kier molecular flexibility index (Phi) is 7.98. The van der Waals surface area contributed by atoms with Gasteiger partial charge >= 0.3 is 0 Å². The van der Waals surface area contributed by atoms with Crippen LogP contribution in [0.5, 0.6) is 0 Å².